The van der Waals surface area contributed by atoms with E-state index in [9.17, 15) is 9.59 Å². The normalized spacial score (nSPS) is 20.4. The lowest BCUT2D eigenvalue weighted by molar-refractivity contribution is -0.119. The molecule has 0 radical (unpaired) electrons. The van der Waals surface area contributed by atoms with Gasteiger partial charge in [0.2, 0.25) is 5.91 Å². The van der Waals surface area contributed by atoms with Gasteiger partial charge in [-0.3, -0.25) is 9.59 Å². The minimum absolute atomic E-state index is 0.0115. The van der Waals surface area contributed by atoms with Gasteiger partial charge in [0.05, 0.1) is 6.54 Å². The summed E-state index contributed by atoms with van der Waals surface area (Å²) >= 11 is 0. The molecule has 0 spiro atoms. The maximum Gasteiger partial charge on any atom is 0.252 e. The van der Waals surface area contributed by atoms with Crippen molar-refractivity contribution in [2.45, 2.75) is 25.2 Å². The molecule has 1 aromatic rings. The van der Waals surface area contributed by atoms with E-state index in [-0.39, 0.29) is 18.0 Å². The molecule has 6 nitrogen and oxygen atoms in total. The van der Waals surface area contributed by atoms with Gasteiger partial charge in [0.1, 0.15) is 11.6 Å². The summed E-state index contributed by atoms with van der Waals surface area (Å²) in [6.07, 6.45) is 3.05. The Hall–Kier alpha value is -1.85. The third-order valence-corrected chi connectivity index (χ3v) is 3.30. The van der Waals surface area contributed by atoms with E-state index in [0.29, 0.717) is 18.3 Å². The van der Waals surface area contributed by atoms with Gasteiger partial charge in [-0.2, -0.15) is 0 Å². The molecule has 2 fully saturated rings. The highest BCUT2D eigenvalue weighted by molar-refractivity contribution is 5.81. The quantitative estimate of drug-likeness (QED) is 0.770. The molecule has 1 aliphatic heterocycles. The van der Waals surface area contributed by atoms with E-state index in [1.807, 2.05) is 4.90 Å². The summed E-state index contributed by atoms with van der Waals surface area (Å²) in [6, 6.07) is 1.48. The predicted molar refractivity (Wildman–Crippen MR) is 66.7 cm³/mol. The van der Waals surface area contributed by atoms with Gasteiger partial charge in [0, 0.05) is 25.1 Å². The second-order valence-electron chi connectivity index (χ2n) is 4.89. The van der Waals surface area contributed by atoms with Crippen molar-refractivity contribution >= 4 is 11.7 Å². The van der Waals surface area contributed by atoms with E-state index >= 15 is 0 Å². The summed E-state index contributed by atoms with van der Waals surface area (Å²) in [4.78, 5) is 32.3. The monoisotopic (exact) mass is 248 g/mol. The number of carbonyl (C=O) groups excluding carboxylic acids is 1. The zero-order valence-corrected chi connectivity index (χ0v) is 10.1. The second kappa shape index (κ2) is 4.44. The van der Waals surface area contributed by atoms with E-state index in [4.69, 9.17) is 0 Å². The van der Waals surface area contributed by atoms with Crippen molar-refractivity contribution in [2.24, 2.45) is 0 Å². The fraction of sp³-hybridized carbons (Fsp3) is 0.583. The highest BCUT2D eigenvalue weighted by atomic mass is 16.2. The van der Waals surface area contributed by atoms with Crippen LogP contribution in [0.3, 0.4) is 0 Å². The number of anilines is 1. The third kappa shape index (κ3) is 2.37. The molecule has 2 aliphatic rings. The molecule has 2 heterocycles. The van der Waals surface area contributed by atoms with Gasteiger partial charge in [0.15, 0.2) is 0 Å². The van der Waals surface area contributed by atoms with Crippen molar-refractivity contribution in [2.75, 3.05) is 24.5 Å². The summed E-state index contributed by atoms with van der Waals surface area (Å²) in [7, 11) is 0. The lowest BCUT2D eigenvalue weighted by Crippen LogP contribution is -2.34. The molecular formula is C12H16N4O2. The topological polar surface area (TPSA) is 78.1 Å². The van der Waals surface area contributed by atoms with Crippen molar-refractivity contribution < 1.29 is 4.79 Å². The van der Waals surface area contributed by atoms with Gasteiger partial charge in [-0.05, 0) is 19.3 Å². The maximum absolute atomic E-state index is 11.6. The second-order valence-corrected chi connectivity index (χ2v) is 4.89. The molecule has 1 saturated carbocycles. The number of hydrogen-bond donors (Lipinski definition) is 2. The largest absolute Gasteiger partial charge is 0.354 e. The van der Waals surface area contributed by atoms with E-state index in [1.54, 1.807) is 0 Å². The number of carbonyl (C=O) groups is 1. The van der Waals surface area contributed by atoms with Crippen LogP contribution in [-0.2, 0) is 4.79 Å². The Balaban J connectivity index is 1.89. The zero-order chi connectivity index (χ0) is 12.5. The smallest absolute Gasteiger partial charge is 0.252 e. The predicted octanol–water partition coefficient (Wildman–Crippen LogP) is -0.0264. The first-order valence-corrected chi connectivity index (χ1v) is 6.35. The number of aromatic amines is 1. The third-order valence-electron chi connectivity index (χ3n) is 3.30. The number of nitrogens with zero attached hydrogens (tertiary/aromatic N) is 2. The minimum atomic E-state index is -0.133. The zero-order valence-electron chi connectivity index (χ0n) is 10.1. The molecule has 96 valence electrons. The van der Waals surface area contributed by atoms with Crippen LogP contribution in [0.5, 0.6) is 0 Å². The fourth-order valence-corrected chi connectivity index (χ4v) is 2.18. The molecule has 18 heavy (non-hydrogen) atoms. The number of amides is 1. The molecule has 0 atom stereocenters. The summed E-state index contributed by atoms with van der Waals surface area (Å²) in [5, 5.41) is 2.81. The van der Waals surface area contributed by atoms with Gasteiger partial charge in [0.25, 0.3) is 5.56 Å². The van der Waals surface area contributed by atoms with Crippen molar-refractivity contribution in [3.05, 3.63) is 22.2 Å². The highest BCUT2D eigenvalue weighted by Gasteiger charge is 2.27. The van der Waals surface area contributed by atoms with Gasteiger partial charge in [-0.1, -0.05) is 0 Å². The SMILES string of the molecule is O=C1CN(c2cc(=O)[nH]c(C3CC3)n2)CCCN1. The van der Waals surface area contributed by atoms with E-state index in [1.165, 1.54) is 6.07 Å². The molecule has 3 rings (SSSR count). The Morgan fingerprint density at radius 2 is 2.17 bits per heavy atom. The van der Waals surface area contributed by atoms with Crippen LogP contribution in [0.1, 0.15) is 31.0 Å². The Morgan fingerprint density at radius 3 is 2.94 bits per heavy atom. The molecular weight excluding hydrogens is 232 g/mol. The summed E-state index contributed by atoms with van der Waals surface area (Å²) in [5.74, 6) is 1.78. The van der Waals surface area contributed by atoms with E-state index in [2.05, 4.69) is 15.3 Å². The van der Waals surface area contributed by atoms with Crippen LogP contribution in [0.25, 0.3) is 0 Å². The van der Waals surface area contributed by atoms with Crippen LogP contribution >= 0.6 is 0 Å². The van der Waals surface area contributed by atoms with Crippen molar-refractivity contribution in [3.8, 4) is 0 Å². The van der Waals surface area contributed by atoms with Crippen LogP contribution in [0, 0.1) is 0 Å². The van der Waals surface area contributed by atoms with Crippen LogP contribution in [0.2, 0.25) is 0 Å². The number of rotatable bonds is 2. The molecule has 1 saturated heterocycles. The Kier molecular flexibility index (Phi) is 2.77. The highest BCUT2D eigenvalue weighted by Crippen LogP contribution is 2.37. The lowest BCUT2D eigenvalue weighted by atomic mass is 10.3. The molecule has 6 heteroatoms. The number of H-pyrrole nitrogens is 1. The minimum Gasteiger partial charge on any atom is -0.354 e. The molecule has 2 N–H and O–H groups in total. The first-order valence-electron chi connectivity index (χ1n) is 6.35. The Morgan fingerprint density at radius 1 is 1.33 bits per heavy atom. The summed E-state index contributed by atoms with van der Waals surface area (Å²) < 4.78 is 0. The average molecular weight is 248 g/mol. The van der Waals surface area contributed by atoms with Crippen molar-refractivity contribution in [3.63, 3.8) is 0 Å². The van der Waals surface area contributed by atoms with Crippen LogP contribution < -0.4 is 15.8 Å². The lowest BCUT2D eigenvalue weighted by Gasteiger charge is -2.20. The standard InChI is InChI=1S/C12H16N4O2/c17-10-6-9(14-12(15-10)8-2-3-8)16-5-1-4-13-11(18)7-16/h6,8H,1-5,7H2,(H,13,18)(H,14,15,17). The van der Waals surface area contributed by atoms with Gasteiger partial charge < -0.3 is 15.2 Å². The molecule has 0 bridgehead atoms. The molecule has 1 aliphatic carbocycles. The van der Waals surface area contributed by atoms with Crippen LogP contribution in [0.4, 0.5) is 5.82 Å². The molecule has 1 amide bonds. The molecule has 0 aromatic carbocycles. The average Bonchev–Trinajstić information content (AvgIpc) is 3.14. The molecule has 0 unspecified atom stereocenters. The number of hydrogen-bond acceptors (Lipinski definition) is 4. The Bertz CT molecular complexity index is 521. The maximum atomic E-state index is 11.6. The van der Waals surface area contributed by atoms with E-state index in [0.717, 1.165) is 31.6 Å². The van der Waals surface area contributed by atoms with Crippen molar-refractivity contribution in [1.82, 2.24) is 15.3 Å². The number of nitrogens with one attached hydrogen (secondary N) is 2. The van der Waals surface area contributed by atoms with Crippen LogP contribution in [0.15, 0.2) is 10.9 Å². The Labute approximate surface area is 104 Å². The van der Waals surface area contributed by atoms with Gasteiger partial charge in [-0.25, -0.2) is 4.98 Å². The summed E-state index contributed by atoms with van der Waals surface area (Å²) in [5.41, 5.74) is -0.133. The van der Waals surface area contributed by atoms with Gasteiger partial charge in [-0.15, -0.1) is 0 Å². The van der Waals surface area contributed by atoms with Crippen LogP contribution in [-0.4, -0.2) is 35.5 Å². The van der Waals surface area contributed by atoms with E-state index < -0.39 is 0 Å². The summed E-state index contributed by atoms with van der Waals surface area (Å²) in [6.45, 7) is 1.72. The van der Waals surface area contributed by atoms with Crippen molar-refractivity contribution in [1.29, 1.82) is 0 Å². The van der Waals surface area contributed by atoms with Gasteiger partial charge >= 0.3 is 0 Å². The first kappa shape index (κ1) is 11.3. The molecule has 1 aromatic heterocycles. The fourth-order valence-electron chi connectivity index (χ4n) is 2.18. The number of aromatic nitrogens is 2. The first-order chi connectivity index (χ1) is 8.72.